The number of hydrogen-bond donors (Lipinski definition) is 1. The van der Waals surface area contributed by atoms with E-state index >= 15 is 0 Å². The van der Waals surface area contributed by atoms with Crippen molar-refractivity contribution < 1.29 is 9.59 Å². The Hall–Kier alpha value is -0.0800. The molecule has 0 spiro atoms. The van der Waals surface area contributed by atoms with Crippen LogP contribution in [0.2, 0.25) is 0 Å². The number of nitrogens with zero attached hydrogens (tertiary/aromatic N) is 1. The molecule has 2 heteroatoms. The Balaban J connectivity index is 3.22. The van der Waals surface area contributed by atoms with Gasteiger partial charge in [-0.2, -0.15) is 0 Å². The SMILES string of the molecule is CCCCCCCCCCCCCCCCCC[N+](C)(C)C(C)(C)O. The molecule has 2 nitrogen and oxygen atoms in total. The van der Waals surface area contributed by atoms with Gasteiger partial charge < -0.3 is 9.59 Å². The quantitative estimate of drug-likeness (QED) is 0.158. The second-order valence-electron chi connectivity index (χ2n) is 9.21. The van der Waals surface area contributed by atoms with E-state index in [1.54, 1.807) is 0 Å². The molecule has 25 heavy (non-hydrogen) atoms. The molecule has 0 fully saturated rings. The molecule has 0 aliphatic rings. The fourth-order valence-electron chi connectivity index (χ4n) is 3.33. The molecule has 1 N–H and O–H groups in total. The highest BCUT2D eigenvalue weighted by Gasteiger charge is 2.33. The fourth-order valence-corrected chi connectivity index (χ4v) is 3.33. The second kappa shape index (κ2) is 15.0. The lowest BCUT2D eigenvalue weighted by atomic mass is 10.0. The first-order valence-electron chi connectivity index (χ1n) is 11.4. The van der Waals surface area contributed by atoms with E-state index in [4.69, 9.17) is 0 Å². The molecule has 0 rings (SSSR count). The largest absolute Gasteiger partial charge is 0.343 e. The lowest BCUT2D eigenvalue weighted by Gasteiger charge is -2.40. The van der Waals surface area contributed by atoms with Gasteiger partial charge in [0.05, 0.1) is 20.6 Å². The minimum absolute atomic E-state index is 0.629. The summed E-state index contributed by atoms with van der Waals surface area (Å²) in [4.78, 5) is 0. The van der Waals surface area contributed by atoms with Gasteiger partial charge in [-0.3, -0.25) is 0 Å². The van der Waals surface area contributed by atoms with Gasteiger partial charge in [0.25, 0.3) is 0 Å². The molecule has 0 heterocycles. The summed E-state index contributed by atoms with van der Waals surface area (Å²) in [5, 5.41) is 10.1. The van der Waals surface area contributed by atoms with Crippen molar-refractivity contribution in [3.63, 3.8) is 0 Å². The van der Waals surface area contributed by atoms with Crippen molar-refractivity contribution in [3.05, 3.63) is 0 Å². The van der Waals surface area contributed by atoms with Crippen molar-refractivity contribution in [2.75, 3.05) is 20.6 Å². The van der Waals surface area contributed by atoms with E-state index in [1.807, 2.05) is 13.8 Å². The van der Waals surface area contributed by atoms with E-state index in [1.165, 1.54) is 103 Å². The fraction of sp³-hybridized carbons (Fsp3) is 1.00. The van der Waals surface area contributed by atoms with Gasteiger partial charge in [-0.05, 0) is 12.8 Å². The van der Waals surface area contributed by atoms with Crippen LogP contribution in [0, 0.1) is 0 Å². The van der Waals surface area contributed by atoms with Crippen molar-refractivity contribution in [2.24, 2.45) is 0 Å². The molecule has 152 valence electrons. The monoisotopic (exact) mass is 356 g/mol. The molecular weight excluding hydrogens is 306 g/mol. The van der Waals surface area contributed by atoms with Gasteiger partial charge in [0, 0.05) is 13.8 Å². The van der Waals surface area contributed by atoms with Crippen molar-refractivity contribution in [1.82, 2.24) is 0 Å². The Morgan fingerprint density at radius 2 is 0.840 bits per heavy atom. The third-order valence-electron chi connectivity index (χ3n) is 6.05. The lowest BCUT2D eigenvalue weighted by molar-refractivity contribution is -0.962. The Morgan fingerprint density at radius 1 is 0.560 bits per heavy atom. The molecule has 0 saturated carbocycles. The second-order valence-corrected chi connectivity index (χ2v) is 9.21. The van der Waals surface area contributed by atoms with Crippen LogP contribution in [-0.4, -0.2) is 36.0 Å². The summed E-state index contributed by atoms with van der Waals surface area (Å²) < 4.78 is 0.700. The van der Waals surface area contributed by atoms with Crippen LogP contribution in [0.4, 0.5) is 0 Å². The highest BCUT2D eigenvalue weighted by Crippen LogP contribution is 2.19. The van der Waals surface area contributed by atoms with E-state index in [9.17, 15) is 5.11 Å². The summed E-state index contributed by atoms with van der Waals surface area (Å²) in [6, 6.07) is 0. The normalized spacial score (nSPS) is 12.7. The maximum atomic E-state index is 10.1. The Kier molecular flexibility index (Phi) is 15.0. The number of hydrogen-bond acceptors (Lipinski definition) is 1. The minimum Gasteiger partial charge on any atom is -0.343 e. The van der Waals surface area contributed by atoms with Crippen LogP contribution in [0.15, 0.2) is 0 Å². The summed E-state index contributed by atoms with van der Waals surface area (Å²) in [6.45, 7) is 7.19. The van der Waals surface area contributed by atoms with Gasteiger partial charge in [0.15, 0.2) is 5.72 Å². The molecule has 0 radical (unpaired) electrons. The Bertz CT molecular complexity index is 280. The van der Waals surface area contributed by atoms with Crippen molar-refractivity contribution in [1.29, 1.82) is 0 Å². The van der Waals surface area contributed by atoms with Crippen LogP contribution in [0.5, 0.6) is 0 Å². The first-order valence-corrected chi connectivity index (χ1v) is 11.4. The predicted octanol–water partition coefficient (Wildman–Crippen LogP) is 7.05. The maximum Gasteiger partial charge on any atom is 0.194 e. The highest BCUT2D eigenvalue weighted by atomic mass is 16.3. The first-order chi connectivity index (χ1) is 11.8. The van der Waals surface area contributed by atoms with Crippen LogP contribution >= 0.6 is 0 Å². The summed E-state index contributed by atoms with van der Waals surface area (Å²) in [5.74, 6) is 0. The molecule has 0 aliphatic heterocycles. The standard InChI is InChI=1S/C23H50NO/c1-6-7-8-9-10-11-12-13-14-15-16-17-18-19-20-21-22-24(4,5)23(2,3)25/h25H,6-22H2,1-5H3/q+1. The zero-order valence-electron chi connectivity index (χ0n) is 18.4. The zero-order chi connectivity index (χ0) is 19.0. The van der Waals surface area contributed by atoms with Crippen molar-refractivity contribution in [3.8, 4) is 0 Å². The molecule has 0 bridgehead atoms. The minimum atomic E-state index is -0.629. The van der Waals surface area contributed by atoms with Gasteiger partial charge in [0.1, 0.15) is 0 Å². The average molecular weight is 357 g/mol. The molecule has 0 aliphatic carbocycles. The van der Waals surface area contributed by atoms with Crippen molar-refractivity contribution in [2.45, 2.75) is 129 Å². The van der Waals surface area contributed by atoms with Crippen LogP contribution in [0.25, 0.3) is 0 Å². The predicted molar refractivity (Wildman–Crippen MR) is 113 cm³/mol. The summed E-state index contributed by atoms with van der Waals surface area (Å²) in [7, 11) is 4.26. The molecule has 0 amide bonds. The lowest BCUT2D eigenvalue weighted by Crippen LogP contribution is -2.56. The van der Waals surface area contributed by atoms with Gasteiger partial charge in [0.2, 0.25) is 0 Å². The topological polar surface area (TPSA) is 20.2 Å². The van der Waals surface area contributed by atoms with E-state index in [-0.39, 0.29) is 0 Å². The number of aliphatic hydroxyl groups is 1. The van der Waals surface area contributed by atoms with Crippen LogP contribution in [-0.2, 0) is 0 Å². The third kappa shape index (κ3) is 14.7. The summed E-state index contributed by atoms with van der Waals surface area (Å²) in [6.07, 6.45) is 22.6. The summed E-state index contributed by atoms with van der Waals surface area (Å²) >= 11 is 0. The van der Waals surface area contributed by atoms with Crippen LogP contribution in [0.1, 0.15) is 124 Å². The van der Waals surface area contributed by atoms with Gasteiger partial charge in [-0.15, -0.1) is 0 Å². The molecule has 0 saturated heterocycles. The third-order valence-corrected chi connectivity index (χ3v) is 6.05. The molecule has 0 atom stereocenters. The molecule has 0 aromatic heterocycles. The highest BCUT2D eigenvalue weighted by molar-refractivity contribution is 4.53. The van der Waals surface area contributed by atoms with E-state index < -0.39 is 5.72 Å². The van der Waals surface area contributed by atoms with Gasteiger partial charge >= 0.3 is 0 Å². The maximum absolute atomic E-state index is 10.1. The van der Waals surface area contributed by atoms with E-state index in [0.717, 1.165) is 6.54 Å². The molecule has 0 aromatic rings. The van der Waals surface area contributed by atoms with E-state index in [0.29, 0.717) is 4.48 Å². The average Bonchev–Trinajstić information content (AvgIpc) is 2.53. The summed E-state index contributed by atoms with van der Waals surface area (Å²) in [5.41, 5.74) is -0.629. The van der Waals surface area contributed by atoms with Crippen LogP contribution < -0.4 is 0 Å². The molecular formula is C23H50NO+. The van der Waals surface area contributed by atoms with Crippen molar-refractivity contribution >= 4 is 0 Å². The number of quaternary nitrogens is 1. The number of unbranched alkanes of at least 4 members (excludes halogenated alkanes) is 15. The van der Waals surface area contributed by atoms with E-state index in [2.05, 4.69) is 21.0 Å². The zero-order valence-corrected chi connectivity index (χ0v) is 18.4. The van der Waals surface area contributed by atoms with Gasteiger partial charge in [-0.1, -0.05) is 96.8 Å². The number of rotatable bonds is 18. The smallest absolute Gasteiger partial charge is 0.194 e. The van der Waals surface area contributed by atoms with Crippen LogP contribution in [0.3, 0.4) is 0 Å². The first kappa shape index (κ1) is 24.9. The Morgan fingerprint density at radius 3 is 1.12 bits per heavy atom. The molecule has 0 unspecified atom stereocenters. The molecule has 0 aromatic carbocycles. The Labute approximate surface area is 160 Å². The van der Waals surface area contributed by atoms with Gasteiger partial charge in [-0.25, -0.2) is 0 Å².